The van der Waals surface area contributed by atoms with Crippen molar-refractivity contribution >= 4 is 55.8 Å². The second-order valence-electron chi connectivity index (χ2n) is 19.5. The molecule has 2 aliphatic rings. The fourth-order valence-corrected chi connectivity index (χ4v) is 14.0. The summed E-state index contributed by atoms with van der Waals surface area (Å²) in [5.41, 5.74) is 3.84. The van der Waals surface area contributed by atoms with Crippen LogP contribution in [-0.4, -0.2) is 51.7 Å². The average molecular weight is 879 g/mol. The fourth-order valence-electron chi connectivity index (χ4n) is 9.08. The van der Waals surface area contributed by atoms with Crippen LogP contribution in [0.15, 0.2) is 121 Å². The van der Waals surface area contributed by atoms with Gasteiger partial charge in [-0.1, -0.05) is 142 Å². The van der Waals surface area contributed by atoms with Gasteiger partial charge in [0.25, 0.3) is 0 Å². The molecule has 0 N–H and O–H groups in total. The molecule has 0 aliphatic carbocycles. The Morgan fingerprint density at radius 2 is 0.921 bits per heavy atom. The summed E-state index contributed by atoms with van der Waals surface area (Å²) in [6.07, 6.45) is 3.91. The first kappa shape index (κ1) is 45.4. The van der Waals surface area contributed by atoms with Crippen LogP contribution < -0.4 is 24.7 Å². The number of carbonyl (C=O) groups is 4. The number of imide groups is 2. The van der Waals surface area contributed by atoms with Gasteiger partial charge >= 0.3 is 0 Å². The number of likely N-dealkylation sites (tertiary alicyclic amines) is 1. The zero-order chi connectivity index (χ0) is 45.1. The molecule has 2 saturated heterocycles. The van der Waals surface area contributed by atoms with Crippen molar-refractivity contribution < 1.29 is 28.7 Å². The number of anilines is 1. The molecule has 0 bridgehead atoms. The lowest BCUT2D eigenvalue weighted by Crippen LogP contribution is -2.45. The van der Waals surface area contributed by atoms with Gasteiger partial charge < -0.3 is 9.47 Å². The molecular weight excluding hydrogens is 817 g/mol. The van der Waals surface area contributed by atoms with Crippen molar-refractivity contribution in [1.29, 1.82) is 0 Å². The maximum atomic E-state index is 13.6. The third-order valence-corrected chi connectivity index (χ3v) is 20.6. The second-order valence-corrected chi connectivity index (χ2v) is 29.2. The summed E-state index contributed by atoms with van der Waals surface area (Å²) in [6, 6.07) is 42.9. The van der Waals surface area contributed by atoms with Crippen LogP contribution in [0.5, 0.6) is 23.0 Å². The van der Waals surface area contributed by atoms with Crippen molar-refractivity contribution in [3.05, 3.63) is 138 Å². The topological polar surface area (TPSA) is 93.2 Å². The van der Waals surface area contributed by atoms with Gasteiger partial charge in [0.05, 0.1) is 21.8 Å². The van der Waals surface area contributed by atoms with E-state index in [1.807, 2.05) is 60.7 Å². The Morgan fingerprint density at radius 3 is 1.33 bits per heavy atom. The normalized spacial score (nSPS) is 17.2. The number of nitrogens with zero attached hydrogens (tertiary/aromatic N) is 2. The number of carbonyl (C=O) groups excluding carboxylic acids is 4. The zero-order valence-corrected chi connectivity index (χ0v) is 40.2. The van der Waals surface area contributed by atoms with Crippen LogP contribution in [0, 0.1) is 18.8 Å². The molecule has 2 atom stereocenters. The van der Waals surface area contributed by atoms with E-state index < -0.39 is 16.1 Å². The van der Waals surface area contributed by atoms with E-state index in [0.717, 1.165) is 48.4 Å². The quantitative estimate of drug-likeness (QED) is 0.0682. The molecule has 0 spiro atoms. The third kappa shape index (κ3) is 10.5. The molecule has 5 aromatic carbocycles. The molecule has 2 fully saturated rings. The van der Waals surface area contributed by atoms with Crippen molar-refractivity contribution in [2.75, 3.05) is 11.9 Å². The van der Waals surface area contributed by atoms with E-state index >= 15 is 0 Å². The maximum Gasteiger partial charge on any atom is 0.237 e. The monoisotopic (exact) mass is 878 g/mol. The van der Waals surface area contributed by atoms with Gasteiger partial charge in [0, 0.05) is 37.1 Å². The van der Waals surface area contributed by atoms with Gasteiger partial charge in [0.15, 0.2) is 0 Å². The summed E-state index contributed by atoms with van der Waals surface area (Å²) >= 11 is 0. The summed E-state index contributed by atoms with van der Waals surface area (Å²) in [7, 11) is -1.91. The third-order valence-electron chi connectivity index (χ3n) is 13.6. The minimum Gasteiger partial charge on any atom is -0.457 e. The highest BCUT2D eigenvalue weighted by atomic mass is 28.3. The van der Waals surface area contributed by atoms with Gasteiger partial charge in [-0.2, -0.15) is 0 Å². The van der Waals surface area contributed by atoms with Crippen LogP contribution >= 0.6 is 0 Å². The minimum absolute atomic E-state index is 0.0302. The van der Waals surface area contributed by atoms with Crippen molar-refractivity contribution in [2.45, 2.75) is 103 Å². The van der Waals surface area contributed by atoms with Gasteiger partial charge in [-0.15, -0.1) is 0 Å². The Bertz CT molecular complexity index is 2430. The first-order chi connectivity index (χ1) is 29.9. The van der Waals surface area contributed by atoms with Crippen molar-refractivity contribution in [3.8, 4) is 23.0 Å². The Kier molecular flexibility index (Phi) is 13.4. The van der Waals surface area contributed by atoms with E-state index in [9.17, 15) is 19.2 Å². The van der Waals surface area contributed by atoms with Gasteiger partial charge in [-0.05, 0) is 91.6 Å². The van der Waals surface area contributed by atoms with Gasteiger partial charge in [-0.3, -0.25) is 29.0 Å². The average Bonchev–Trinajstić information content (AvgIpc) is 3.68. The van der Waals surface area contributed by atoms with Gasteiger partial charge in [0.2, 0.25) is 23.6 Å². The first-order valence-corrected chi connectivity index (χ1v) is 28.8. The van der Waals surface area contributed by atoms with E-state index in [-0.39, 0.29) is 47.3 Å². The molecule has 0 saturated carbocycles. The van der Waals surface area contributed by atoms with E-state index in [1.165, 1.54) is 31.3 Å². The first-order valence-electron chi connectivity index (χ1n) is 22.4. The van der Waals surface area contributed by atoms with Crippen molar-refractivity contribution in [2.24, 2.45) is 11.8 Å². The van der Waals surface area contributed by atoms with Crippen LogP contribution in [-0.2, 0) is 24.6 Å². The number of amides is 4. The smallest absolute Gasteiger partial charge is 0.237 e. The lowest BCUT2D eigenvalue weighted by Gasteiger charge is -2.27. The number of rotatable bonds is 17. The summed E-state index contributed by atoms with van der Waals surface area (Å²) in [4.78, 5) is 53.7. The molecule has 2 heterocycles. The minimum atomic E-state index is -1.79. The standard InChI is InChI=1S/C53H62N2O6Si2/c1-37-13-21-43(22-14-37)60-44-23-15-40(16-24-44)53(2,3)41-17-25-45(26-18-41)61-46-27-19-42(20-28-46)55-50(57)36-39(52(55)59)12-10-34-63(7,8)48-31-29-47(30-32-48)62(5,6)33-9-11-38-35-49(56)54(4)51(38)58/h13-32,38-39H,9-12,33-36H2,1-8H3. The van der Waals surface area contributed by atoms with E-state index in [0.29, 0.717) is 30.0 Å². The zero-order valence-electron chi connectivity index (χ0n) is 38.2. The molecule has 2 unspecified atom stereocenters. The van der Waals surface area contributed by atoms with Crippen LogP contribution in [0.2, 0.25) is 38.3 Å². The van der Waals surface area contributed by atoms with Crippen LogP contribution in [0.4, 0.5) is 5.69 Å². The van der Waals surface area contributed by atoms with Crippen LogP contribution in [0.3, 0.4) is 0 Å². The largest absolute Gasteiger partial charge is 0.457 e. The Labute approximate surface area is 375 Å². The molecule has 5 aromatic rings. The van der Waals surface area contributed by atoms with Gasteiger partial charge in [-0.25, -0.2) is 0 Å². The molecular formula is C53H62N2O6Si2. The number of benzene rings is 5. The van der Waals surface area contributed by atoms with E-state index in [4.69, 9.17) is 9.47 Å². The summed E-state index contributed by atoms with van der Waals surface area (Å²) in [5, 5.41) is 2.81. The highest BCUT2D eigenvalue weighted by molar-refractivity contribution is 6.91. The summed E-state index contributed by atoms with van der Waals surface area (Å²) in [5.74, 6) is 2.10. The molecule has 328 valence electrons. The second kappa shape index (κ2) is 18.6. The highest BCUT2D eigenvalue weighted by Crippen LogP contribution is 2.36. The lowest BCUT2D eigenvalue weighted by atomic mass is 9.78. The molecule has 63 heavy (non-hydrogen) atoms. The van der Waals surface area contributed by atoms with E-state index in [1.54, 1.807) is 19.2 Å². The molecule has 4 amide bonds. The summed E-state index contributed by atoms with van der Waals surface area (Å²) < 4.78 is 12.2. The summed E-state index contributed by atoms with van der Waals surface area (Å²) in [6.45, 7) is 16.0. The Balaban J connectivity index is 0.876. The van der Waals surface area contributed by atoms with Crippen molar-refractivity contribution in [3.63, 3.8) is 0 Å². The molecule has 0 radical (unpaired) electrons. The Morgan fingerprint density at radius 1 is 0.540 bits per heavy atom. The fraction of sp³-hybridized carbons (Fsp3) is 0.358. The number of hydrogen-bond acceptors (Lipinski definition) is 6. The molecule has 10 heteroatoms. The predicted octanol–water partition coefficient (Wildman–Crippen LogP) is 10.9. The van der Waals surface area contributed by atoms with Crippen molar-refractivity contribution in [1.82, 2.24) is 4.90 Å². The predicted molar refractivity (Wildman–Crippen MR) is 258 cm³/mol. The van der Waals surface area contributed by atoms with Crippen LogP contribution in [0.1, 0.15) is 69.1 Å². The van der Waals surface area contributed by atoms with E-state index in [2.05, 4.69) is 95.5 Å². The lowest BCUT2D eigenvalue weighted by molar-refractivity contribution is -0.137. The molecule has 7 rings (SSSR count). The molecule has 0 aromatic heterocycles. The highest BCUT2D eigenvalue weighted by Gasteiger charge is 2.40. The maximum absolute atomic E-state index is 13.6. The molecule has 8 nitrogen and oxygen atoms in total. The molecule has 2 aliphatic heterocycles. The number of ether oxygens (including phenoxy) is 2. The Hall–Kier alpha value is -5.59. The number of hydrogen-bond donors (Lipinski definition) is 0. The van der Waals surface area contributed by atoms with Gasteiger partial charge in [0.1, 0.15) is 23.0 Å². The SMILES string of the molecule is Cc1ccc(Oc2ccc(C(C)(C)c3ccc(Oc4ccc(N5C(=O)CC(CCC[Si](C)(C)c6ccc([Si](C)(C)CCCC7CC(=O)N(C)C7=O)cc6)C5=O)cc4)cc3)cc2)cc1. The van der Waals surface area contributed by atoms with Crippen LogP contribution in [0.25, 0.3) is 0 Å². The number of aryl methyl sites for hydroxylation is 1.